The number of rotatable bonds is 4. The van der Waals surface area contributed by atoms with Gasteiger partial charge in [-0.15, -0.1) is 0 Å². The highest BCUT2D eigenvalue weighted by Gasteiger charge is 2.34. The molecule has 1 N–H and O–H groups in total. The van der Waals surface area contributed by atoms with Crippen molar-refractivity contribution < 1.29 is 14.3 Å². The molecule has 1 aliphatic rings. The van der Waals surface area contributed by atoms with Crippen LogP contribution in [0.1, 0.15) is 19.4 Å². The van der Waals surface area contributed by atoms with Gasteiger partial charge in [-0.3, -0.25) is 19.8 Å². The number of para-hydroxylation sites is 1. The smallest absolute Gasteiger partial charge is 0.270 e. The fraction of sp³-hybridized carbons (Fsp3) is 0.150. The summed E-state index contributed by atoms with van der Waals surface area (Å²) in [5, 5.41) is 2.64. The quantitative estimate of drug-likeness (QED) is 0.438. The third kappa shape index (κ3) is 4.26. The second-order valence-corrected chi connectivity index (χ2v) is 7.44. The first kappa shape index (κ1) is 19.3. The maximum absolute atomic E-state index is 13.0. The lowest BCUT2D eigenvalue weighted by Gasteiger charge is -2.29. The Hall–Kier alpha value is -2.51. The van der Waals surface area contributed by atoms with Crippen molar-refractivity contribution in [2.24, 2.45) is 0 Å². The Labute approximate surface area is 171 Å². The van der Waals surface area contributed by atoms with Crippen molar-refractivity contribution in [1.29, 1.82) is 0 Å². The minimum atomic E-state index is -0.535. The predicted octanol–water partition coefficient (Wildman–Crippen LogP) is 4.07. The van der Waals surface area contributed by atoms with Crippen molar-refractivity contribution >= 4 is 56.8 Å². The molecule has 3 rings (SSSR count). The van der Waals surface area contributed by atoms with Gasteiger partial charge in [0.1, 0.15) is 11.3 Å². The average Bonchev–Trinajstić information content (AvgIpc) is 2.61. The lowest BCUT2D eigenvalue weighted by molar-refractivity contribution is -0.122. The zero-order chi connectivity index (χ0) is 19.6. The molecule has 1 fully saturated rings. The van der Waals surface area contributed by atoms with Crippen LogP contribution in [0.5, 0.6) is 5.75 Å². The van der Waals surface area contributed by atoms with E-state index in [0.717, 1.165) is 4.47 Å². The number of ether oxygens (including phenoxy) is 1. The van der Waals surface area contributed by atoms with Crippen LogP contribution in [-0.2, 0) is 9.59 Å². The molecule has 0 aliphatic carbocycles. The third-order valence-electron chi connectivity index (χ3n) is 3.75. The van der Waals surface area contributed by atoms with Gasteiger partial charge in [0.15, 0.2) is 5.11 Å². The standard InChI is InChI=1S/C20H17BrN2O3S/c1-12(2)26-17-9-8-14(21)10-13(17)11-16-18(24)22-20(27)23(19(16)25)15-6-4-3-5-7-15/h3-12H,1-2H3,(H,22,24,27)/b16-11-. The van der Waals surface area contributed by atoms with Crippen molar-refractivity contribution in [3.63, 3.8) is 0 Å². The zero-order valence-electron chi connectivity index (χ0n) is 14.7. The Morgan fingerprint density at radius 2 is 1.85 bits per heavy atom. The van der Waals surface area contributed by atoms with Gasteiger partial charge in [0.05, 0.1) is 11.8 Å². The Morgan fingerprint density at radius 3 is 2.52 bits per heavy atom. The van der Waals surface area contributed by atoms with Crippen LogP contribution in [0.2, 0.25) is 0 Å². The molecule has 138 valence electrons. The van der Waals surface area contributed by atoms with E-state index in [-0.39, 0.29) is 16.8 Å². The molecule has 2 aromatic carbocycles. The van der Waals surface area contributed by atoms with E-state index in [1.54, 1.807) is 36.4 Å². The molecule has 0 radical (unpaired) electrons. The van der Waals surface area contributed by atoms with Gasteiger partial charge in [0.25, 0.3) is 11.8 Å². The van der Waals surface area contributed by atoms with Gasteiger partial charge >= 0.3 is 0 Å². The molecule has 7 heteroatoms. The SMILES string of the molecule is CC(C)Oc1ccc(Br)cc1/C=C1/C(=O)NC(=S)N(c2ccccc2)C1=O. The van der Waals surface area contributed by atoms with Crippen LogP contribution in [-0.4, -0.2) is 23.0 Å². The largest absolute Gasteiger partial charge is 0.490 e. The topological polar surface area (TPSA) is 58.6 Å². The number of amides is 2. The van der Waals surface area contributed by atoms with E-state index in [2.05, 4.69) is 21.2 Å². The van der Waals surface area contributed by atoms with E-state index in [9.17, 15) is 9.59 Å². The molecular weight excluding hydrogens is 428 g/mol. The first-order valence-electron chi connectivity index (χ1n) is 8.29. The van der Waals surface area contributed by atoms with E-state index in [1.165, 1.54) is 11.0 Å². The van der Waals surface area contributed by atoms with Gasteiger partial charge in [-0.2, -0.15) is 0 Å². The average molecular weight is 445 g/mol. The van der Waals surface area contributed by atoms with Gasteiger partial charge in [-0.25, -0.2) is 0 Å². The highest BCUT2D eigenvalue weighted by atomic mass is 79.9. The van der Waals surface area contributed by atoms with Crippen LogP contribution in [0.25, 0.3) is 6.08 Å². The highest BCUT2D eigenvalue weighted by Crippen LogP contribution is 2.28. The number of carbonyl (C=O) groups excluding carboxylic acids is 2. The maximum Gasteiger partial charge on any atom is 0.270 e. The second kappa shape index (κ2) is 8.02. The number of nitrogens with one attached hydrogen (secondary N) is 1. The molecule has 2 aromatic rings. The summed E-state index contributed by atoms with van der Waals surface area (Å²) >= 11 is 8.61. The molecule has 0 saturated carbocycles. The van der Waals surface area contributed by atoms with Crippen molar-refractivity contribution in [3.05, 3.63) is 64.1 Å². The second-order valence-electron chi connectivity index (χ2n) is 6.14. The Morgan fingerprint density at radius 1 is 1.15 bits per heavy atom. The number of nitrogens with zero attached hydrogens (tertiary/aromatic N) is 1. The van der Waals surface area contributed by atoms with Crippen LogP contribution in [0.4, 0.5) is 5.69 Å². The maximum atomic E-state index is 13.0. The van der Waals surface area contributed by atoms with E-state index < -0.39 is 11.8 Å². The number of hydrogen-bond acceptors (Lipinski definition) is 4. The molecule has 2 amide bonds. The number of benzene rings is 2. The van der Waals surface area contributed by atoms with Gasteiger partial charge in [0.2, 0.25) is 0 Å². The Bertz CT molecular complexity index is 941. The first-order chi connectivity index (χ1) is 12.9. The summed E-state index contributed by atoms with van der Waals surface area (Å²) < 4.78 is 6.61. The number of hydrogen-bond donors (Lipinski definition) is 1. The fourth-order valence-corrected chi connectivity index (χ4v) is 3.28. The summed E-state index contributed by atoms with van der Waals surface area (Å²) in [6, 6.07) is 14.4. The molecule has 0 aromatic heterocycles. The lowest BCUT2D eigenvalue weighted by atomic mass is 10.1. The predicted molar refractivity (Wildman–Crippen MR) is 113 cm³/mol. The number of anilines is 1. The summed E-state index contributed by atoms with van der Waals surface area (Å²) in [4.78, 5) is 26.8. The van der Waals surface area contributed by atoms with Crippen molar-refractivity contribution in [2.75, 3.05) is 4.90 Å². The van der Waals surface area contributed by atoms with Gasteiger partial charge < -0.3 is 4.74 Å². The molecule has 5 nitrogen and oxygen atoms in total. The van der Waals surface area contributed by atoms with Crippen LogP contribution < -0.4 is 15.0 Å². The molecule has 1 heterocycles. The summed E-state index contributed by atoms with van der Waals surface area (Å²) in [5.41, 5.74) is 1.20. The Kier molecular flexibility index (Phi) is 5.72. The molecule has 27 heavy (non-hydrogen) atoms. The minimum absolute atomic E-state index is 0.0147. The zero-order valence-corrected chi connectivity index (χ0v) is 17.1. The van der Waals surface area contributed by atoms with Crippen molar-refractivity contribution in [3.8, 4) is 5.75 Å². The molecule has 0 atom stereocenters. The number of thiocarbonyl (C=S) groups is 1. The summed E-state index contributed by atoms with van der Waals surface area (Å²) in [6.07, 6.45) is 1.48. The lowest BCUT2D eigenvalue weighted by Crippen LogP contribution is -2.54. The van der Waals surface area contributed by atoms with Gasteiger partial charge in [0, 0.05) is 10.0 Å². The Balaban J connectivity index is 2.05. The summed E-state index contributed by atoms with van der Waals surface area (Å²) in [7, 11) is 0. The fourth-order valence-electron chi connectivity index (χ4n) is 2.62. The third-order valence-corrected chi connectivity index (χ3v) is 4.53. The van der Waals surface area contributed by atoms with Crippen LogP contribution in [0, 0.1) is 0 Å². The van der Waals surface area contributed by atoms with Crippen LogP contribution in [0.15, 0.2) is 58.6 Å². The molecule has 0 bridgehead atoms. The molecule has 0 unspecified atom stereocenters. The van der Waals surface area contributed by atoms with E-state index >= 15 is 0 Å². The highest BCUT2D eigenvalue weighted by molar-refractivity contribution is 9.10. The minimum Gasteiger partial charge on any atom is -0.490 e. The van der Waals surface area contributed by atoms with E-state index in [0.29, 0.717) is 17.0 Å². The van der Waals surface area contributed by atoms with E-state index in [4.69, 9.17) is 17.0 Å². The first-order valence-corrected chi connectivity index (χ1v) is 9.49. The summed E-state index contributed by atoms with van der Waals surface area (Å²) in [5.74, 6) is -0.432. The molecule has 1 saturated heterocycles. The van der Waals surface area contributed by atoms with Crippen LogP contribution >= 0.6 is 28.1 Å². The van der Waals surface area contributed by atoms with Crippen molar-refractivity contribution in [1.82, 2.24) is 5.32 Å². The number of carbonyl (C=O) groups is 2. The van der Waals surface area contributed by atoms with Gasteiger partial charge in [-0.1, -0.05) is 34.1 Å². The van der Waals surface area contributed by atoms with Crippen LogP contribution in [0.3, 0.4) is 0 Å². The van der Waals surface area contributed by atoms with E-state index in [1.807, 2.05) is 26.0 Å². The van der Waals surface area contributed by atoms with Gasteiger partial charge in [-0.05, 0) is 62.5 Å². The van der Waals surface area contributed by atoms with Crippen molar-refractivity contribution in [2.45, 2.75) is 20.0 Å². The molecule has 0 spiro atoms. The normalized spacial score (nSPS) is 16.1. The summed E-state index contributed by atoms with van der Waals surface area (Å²) in [6.45, 7) is 3.82. The molecular formula is C20H17BrN2O3S. The molecule has 1 aliphatic heterocycles. The monoisotopic (exact) mass is 444 g/mol. The number of halogens is 1.